The molecule has 1 saturated heterocycles. The lowest BCUT2D eigenvalue weighted by Gasteiger charge is -2.19. The van der Waals surface area contributed by atoms with Crippen LogP contribution in [0.5, 0.6) is 0 Å². The fourth-order valence-corrected chi connectivity index (χ4v) is 2.90. The minimum absolute atomic E-state index is 0.0539. The largest absolute Gasteiger partial charge is 0.274 e. The van der Waals surface area contributed by atoms with Crippen LogP contribution in [0.1, 0.15) is 17.5 Å². The number of rotatable bonds is 2. The number of nitrogens with zero attached hydrogens (tertiary/aromatic N) is 1. The van der Waals surface area contributed by atoms with Gasteiger partial charge in [0.1, 0.15) is 0 Å². The molecular formula is C13H14INO2. The Labute approximate surface area is 114 Å². The number of amides is 2. The van der Waals surface area contributed by atoms with Crippen LogP contribution in [0.2, 0.25) is 0 Å². The molecule has 0 radical (unpaired) electrons. The van der Waals surface area contributed by atoms with E-state index < -0.39 is 0 Å². The van der Waals surface area contributed by atoms with Crippen LogP contribution < -0.4 is 4.90 Å². The first-order chi connectivity index (χ1) is 8.06. The number of hydrogen-bond acceptors (Lipinski definition) is 2. The van der Waals surface area contributed by atoms with Crippen LogP contribution in [0.25, 0.3) is 0 Å². The van der Waals surface area contributed by atoms with Gasteiger partial charge in [-0.25, -0.2) is 4.90 Å². The summed E-state index contributed by atoms with van der Waals surface area (Å²) in [5.41, 5.74) is 2.72. The summed E-state index contributed by atoms with van der Waals surface area (Å²) in [5, 5.41) is 0. The van der Waals surface area contributed by atoms with Crippen LogP contribution >= 0.6 is 22.6 Å². The van der Waals surface area contributed by atoms with Crippen molar-refractivity contribution >= 4 is 40.1 Å². The maximum Gasteiger partial charge on any atom is 0.238 e. The Kier molecular flexibility index (Phi) is 3.51. The lowest BCUT2D eigenvalue weighted by Crippen LogP contribution is -2.32. The number of halogens is 1. The average Bonchev–Trinajstić information content (AvgIpc) is 2.56. The summed E-state index contributed by atoms with van der Waals surface area (Å²) in [6.07, 6.45) is 0.343. The van der Waals surface area contributed by atoms with Crippen molar-refractivity contribution in [3.05, 3.63) is 29.3 Å². The highest BCUT2D eigenvalue weighted by Gasteiger charge is 2.39. The molecule has 4 heteroatoms. The molecule has 1 unspecified atom stereocenters. The zero-order chi connectivity index (χ0) is 12.6. The highest BCUT2D eigenvalue weighted by Crippen LogP contribution is 2.32. The first-order valence-corrected chi connectivity index (χ1v) is 7.07. The Balaban J connectivity index is 2.47. The third-order valence-electron chi connectivity index (χ3n) is 3.09. The molecule has 0 saturated carbocycles. The summed E-state index contributed by atoms with van der Waals surface area (Å²) in [7, 11) is 0. The predicted octanol–water partition coefficient (Wildman–Crippen LogP) is 2.62. The molecule has 1 heterocycles. The maximum atomic E-state index is 12.2. The van der Waals surface area contributed by atoms with Crippen molar-refractivity contribution in [2.24, 2.45) is 5.92 Å². The second-order valence-electron chi connectivity index (χ2n) is 4.36. The summed E-state index contributed by atoms with van der Waals surface area (Å²) in [6.45, 7) is 3.86. The number of para-hydroxylation sites is 1. The van der Waals surface area contributed by atoms with E-state index in [0.717, 1.165) is 16.8 Å². The van der Waals surface area contributed by atoms with Crippen LogP contribution in [0.4, 0.5) is 5.69 Å². The molecule has 1 atom stereocenters. The number of anilines is 1. The van der Waals surface area contributed by atoms with E-state index in [1.165, 1.54) is 4.90 Å². The van der Waals surface area contributed by atoms with Gasteiger partial charge < -0.3 is 0 Å². The molecule has 90 valence electrons. The molecule has 0 bridgehead atoms. The van der Waals surface area contributed by atoms with E-state index in [-0.39, 0.29) is 17.7 Å². The van der Waals surface area contributed by atoms with Gasteiger partial charge in [-0.15, -0.1) is 0 Å². The fraction of sp³-hybridized carbons (Fsp3) is 0.385. The standard InChI is InChI=1S/C13H14INO2/c1-8-4-3-5-9(2)12(8)15-11(16)6-10(7-14)13(15)17/h3-5,10H,6-7H2,1-2H3. The molecule has 1 fully saturated rings. The van der Waals surface area contributed by atoms with Crippen molar-refractivity contribution in [2.75, 3.05) is 9.33 Å². The summed E-state index contributed by atoms with van der Waals surface area (Å²) in [4.78, 5) is 25.5. The molecular weight excluding hydrogens is 329 g/mol. The number of aryl methyl sites for hydroxylation is 2. The first kappa shape index (κ1) is 12.5. The van der Waals surface area contributed by atoms with Gasteiger partial charge in [-0.1, -0.05) is 40.8 Å². The van der Waals surface area contributed by atoms with Crippen molar-refractivity contribution in [1.82, 2.24) is 0 Å². The van der Waals surface area contributed by atoms with Gasteiger partial charge in [0.25, 0.3) is 0 Å². The number of imide groups is 1. The highest BCUT2D eigenvalue weighted by atomic mass is 127. The fourth-order valence-electron chi connectivity index (χ4n) is 2.21. The monoisotopic (exact) mass is 343 g/mol. The van der Waals surface area contributed by atoms with E-state index in [4.69, 9.17) is 0 Å². The van der Waals surface area contributed by atoms with Gasteiger partial charge in [0, 0.05) is 10.8 Å². The zero-order valence-electron chi connectivity index (χ0n) is 9.87. The first-order valence-electron chi connectivity index (χ1n) is 5.55. The molecule has 17 heavy (non-hydrogen) atoms. The van der Waals surface area contributed by atoms with Gasteiger partial charge in [0.2, 0.25) is 11.8 Å². The van der Waals surface area contributed by atoms with Crippen LogP contribution in [-0.4, -0.2) is 16.2 Å². The smallest absolute Gasteiger partial charge is 0.238 e. The summed E-state index contributed by atoms with van der Waals surface area (Å²) in [5.74, 6) is -0.280. The molecule has 2 amide bonds. The molecule has 1 aliphatic rings. The van der Waals surface area contributed by atoms with Gasteiger partial charge in [0.15, 0.2) is 0 Å². The maximum absolute atomic E-state index is 12.2. The zero-order valence-corrected chi connectivity index (χ0v) is 12.0. The van der Waals surface area contributed by atoms with Crippen molar-refractivity contribution in [2.45, 2.75) is 20.3 Å². The van der Waals surface area contributed by atoms with Gasteiger partial charge >= 0.3 is 0 Å². The normalized spacial score (nSPS) is 20.2. The topological polar surface area (TPSA) is 37.4 Å². The van der Waals surface area contributed by atoms with E-state index in [0.29, 0.717) is 10.8 Å². The Morgan fingerprint density at radius 1 is 1.29 bits per heavy atom. The Morgan fingerprint density at radius 2 is 1.88 bits per heavy atom. The van der Waals surface area contributed by atoms with Gasteiger partial charge in [0.05, 0.1) is 11.6 Å². The van der Waals surface area contributed by atoms with E-state index in [2.05, 4.69) is 22.6 Å². The van der Waals surface area contributed by atoms with Crippen molar-refractivity contribution in [3.63, 3.8) is 0 Å². The predicted molar refractivity (Wildman–Crippen MR) is 75.4 cm³/mol. The molecule has 0 N–H and O–H groups in total. The summed E-state index contributed by atoms with van der Waals surface area (Å²) >= 11 is 2.16. The van der Waals surface area contributed by atoms with Gasteiger partial charge in [-0.05, 0) is 25.0 Å². The Hall–Kier alpha value is -0.910. The molecule has 0 aromatic heterocycles. The quantitative estimate of drug-likeness (QED) is 0.470. The molecule has 1 aliphatic heterocycles. The molecule has 2 rings (SSSR count). The number of carbonyl (C=O) groups is 2. The lowest BCUT2D eigenvalue weighted by molar-refractivity contribution is -0.122. The highest BCUT2D eigenvalue weighted by molar-refractivity contribution is 14.1. The van der Waals surface area contributed by atoms with Crippen molar-refractivity contribution in [1.29, 1.82) is 0 Å². The second kappa shape index (κ2) is 4.76. The minimum atomic E-state index is -0.151. The number of carbonyl (C=O) groups excluding carboxylic acids is 2. The van der Waals surface area contributed by atoms with E-state index >= 15 is 0 Å². The molecule has 1 aromatic rings. The van der Waals surface area contributed by atoms with Crippen LogP contribution in [-0.2, 0) is 9.59 Å². The summed E-state index contributed by atoms with van der Waals surface area (Å²) < 4.78 is 0.698. The van der Waals surface area contributed by atoms with E-state index in [1.807, 2.05) is 32.0 Å². The Morgan fingerprint density at radius 3 is 2.35 bits per heavy atom. The van der Waals surface area contributed by atoms with Gasteiger partial charge in [-0.2, -0.15) is 0 Å². The molecule has 1 aromatic carbocycles. The summed E-state index contributed by atoms with van der Waals surface area (Å²) in [6, 6.07) is 5.80. The Bertz CT molecular complexity index is 464. The molecule has 0 aliphatic carbocycles. The molecule has 3 nitrogen and oxygen atoms in total. The van der Waals surface area contributed by atoms with Crippen LogP contribution in [0, 0.1) is 19.8 Å². The average molecular weight is 343 g/mol. The lowest BCUT2D eigenvalue weighted by atomic mass is 10.1. The van der Waals surface area contributed by atoms with E-state index in [9.17, 15) is 9.59 Å². The van der Waals surface area contributed by atoms with Crippen molar-refractivity contribution in [3.8, 4) is 0 Å². The van der Waals surface area contributed by atoms with Gasteiger partial charge in [-0.3, -0.25) is 9.59 Å². The van der Waals surface area contributed by atoms with Crippen molar-refractivity contribution < 1.29 is 9.59 Å². The SMILES string of the molecule is Cc1cccc(C)c1N1C(=O)CC(CI)C1=O. The number of hydrogen-bond donors (Lipinski definition) is 0. The van der Waals surface area contributed by atoms with Crippen LogP contribution in [0.15, 0.2) is 18.2 Å². The second-order valence-corrected chi connectivity index (χ2v) is 5.24. The third kappa shape index (κ3) is 2.10. The number of alkyl halides is 1. The third-order valence-corrected chi connectivity index (χ3v) is 4.15. The minimum Gasteiger partial charge on any atom is -0.274 e. The van der Waals surface area contributed by atoms with Crippen LogP contribution in [0.3, 0.4) is 0 Å². The number of benzene rings is 1. The molecule has 0 spiro atoms. The van der Waals surface area contributed by atoms with E-state index in [1.54, 1.807) is 0 Å².